The minimum absolute atomic E-state index is 0.142. The molecule has 6 rings (SSSR count). The van der Waals surface area contributed by atoms with Crippen LogP contribution in [0.2, 0.25) is 5.15 Å². The molecule has 3 unspecified atom stereocenters. The van der Waals surface area contributed by atoms with E-state index in [0.29, 0.717) is 11.2 Å². The van der Waals surface area contributed by atoms with Crippen LogP contribution in [0.4, 0.5) is 11.5 Å². The molecule has 3 aliphatic rings. The predicted octanol–water partition coefficient (Wildman–Crippen LogP) is 3.35. The summed E-state index contributed by atoms with van der Waals surface area (Å²) in [5, 5.41) is 11.4. The molecule has 6 nitrogen and oxygen atoms in total. The average molecular weight is 395 g/mol. The van der Waals surface area contributed by atoms with Gasteiger partial charge in [0.05, 0.1) is 5.69 Å². The highest BCUT2D eigenvalue weighted by Gasteiger charge is 2.38. The lowest BCUT2D eigenvalue weighted by Crippen LogP contribution is -2.22. The number of nitrogens with zero attached hydrogens (tertiary/aromatic N) is 3. The Bertz CT molecular complexity index is 1030. The first-order valence-electron chi connectivity index (χ1n) is 10.1. The van der Waals surface area contributed by atoms with E-state index in [2.05, 4.69) is 45.2 Å². The smallest absolute Gasteiger partial charge is 0.181 e. The van der Waals surface area contributed by atoms with Gasteiger partial charge in [0.15, 0.2) is 11.5 Å². The first-order valence-corrected chi connectivity index (χ1v) is 10.5. The van der Waals surface area contributed by atoms with E-state index in [0.717, 1.165) is 48.6 Å². The van der Waals surface area contributed by atoms with Gasteiger partial charge < -0.3 is 16.0 Å². The molecule has 7 heteroatoms. The van der Waals surface area contributed by atoms with E-state index >= 15 is 0 Å². The van der Waals surface area contributed by atoms with Gasteiger partial charge in [0.2, 0.25) is 0 Å². The molecule has 0 amide bonds. The van der Waals surface area contributed by atoms with E-state index in [1.165, 1.54) is 24.1 Å². The van der Waals surface area contributed by atoms with Crippen LogP contribution < -0.4 is 16.0 Å². The summed E-state index contributed by atoms with van der Waals surface area (Å²) in [5.74, 6) is 2.56. The van der Waals surface area contributed by atoms with Crippen molar-refractivity contribution in [3.05, 3.63) is 53.1 Å². The van der Waals surface area contributed by atoms with Crippen molar-refractivity contribution < 1.29 is 0 Å². The zero-order chi connectivity index (χ0) is 18.7. The monoisotopic (exact) mass is 394 g/mol. The van der Waals surface area contributed by atoms with Crippen molar-refractivity contribution in [1.82, 2.24) is 19.7 Å². The van der Waals surface area contributed by atoms with E-state index in [4.69, 9.17) is 16.6 Å². The Kier molecular flexibility index (Phi) is 3.77. The molecule has 4 heterocycles. The highest BCUT2D eigenvalue weighted by molar-refractivity contribution is 6.30. The van der Waals surface area contributed by atoms with Crippen molar-refractivity contribution in [2.75, 3.05) is 30.3 Å². The summed E-state index contributed by atoms with van der Waals surface area (Å²) in [6, 6.07) is 8.86. The normalized spacial score (nSPS) is 28.3. The molecule has 3 aromatic rings. The molecule has 0 spiro atoms. The minimum Gasteiger partial charge on any atom is -0.384 e. The third-order valence-electron chi connectivity index (χ3n) is 6.67. The van der Waals surface area contributed by atoms with Crippen LogP contribution in [0.1, 0.15) is 30.0 Å². The number of benzene rings is 1. The second-order valence-electron chi connectivity index (χ2n) is 8.27. The number of hydrogen-bond donors (Lipinski definition) is 3. The highest BCUT2D eigenvalue weighted by Crippen LogP contribution is 2.40. The van der Waals surface area contributed by atoms with Crippen LogP contribution in [-0.4, -0.2) is 40.0 Å². The second-order valence-corrected chi connectivity index (χ2v) is 8.63. The zero-order valence-corrected chi connectivity index (χ0v) is 16.3. The van der Waals surface area contributed by atoms with Crippen molar-refractivity contribution in [3.63, 3.8) is 0 Å². The summed E-state index contributed by atoms with van der Waals surface area (Å²) >= 11 is 6.79. The zero-order valence-electron chi connectivity index (χ0n) is 15.5. The largest absolute Gasteiger partial charge is 0.384 e. The summed E-state index contributed by atoms with van der Waals surface area (Å²) in [4.78, 5) is 9.56. The van der Waals surface area contributed by atoms with Gasteiger partial charge in [-0.25, -0.2) is 9.97 Å². The molecule has 2 aliphatic heterocycles. The fourth-order valence-corrected chi connectivity index (χ4v) is 5.61. The van der Waals surface area contributed by atoms with Crippen molar-refractivity contribution in [1.29, 1.82) is 0 Å². The van der Waals surface area contributed by atoms with Crippen molar-refractivity contribution >= 4 is 28.8 Å². The van der Waals surface area contributed by atoms with Gasteiger partial charge in [-0.2, -0.15) is 0 Å². The molecule has 3 N–H and O–H groups in total. The Morgan fingerprint density at radius 2 is 1.93 bits per heavy atom. The fraction of sp³-hybridized carbons (Fsp3) is 0.429. The maximum atomic E-state index is 6.79. The van der Waals surface area contributed by atoms with Gasteiger partial charge in [0.1, 0.15) is 5.15 Å². The van der Waals surface area contributed by atoms with E-state index in [1.54, 1.807) is 6.20 Å². The number of fused-ring (bicyclic) bond motifs is 3. The van der Waals surface area contributed by atoms with Gasteiger partial charge in [-0.15, -0.1) is 0 Å². The summed E-state index contributed by atoms with van der Waals surface area (Å²) in [7, 11) is 0. The molecule has 1 saturated carbocycles. The van der Waals surface area contributed by atoms with Gasteiger partial charge >= 0.3 is 0 Å². The molecule has 0 radical (unpaired) electrons. The Balaban J connectivity index is 1.39. The number of nitrogens with one attached hydrogen (secondary N) is 3. The lowest BCUT2D eigenvalue weighted by molar-refractivity contribution is 0.494. The summed E-state index contributed by atoms with van der Waals surface area (Å²) in [6.45, 7) is 3.10. The molecule has 0 bridgehead atoms. The quantitative estimate of drug-likeness (QED) is 0.635. The van der Waals surface area contributed by atoms with Gasteiger partial charge in [0.25, 0.3) is 0 Å². The lowest BCUT2D eigenvalue weighted by Gasteiger charge is -2.19. The fourth-order valence-electron chi connectivity index (χ4n) is 5.30. The molecular formula is C21H23ClN6. The van der Waals surface area contributed by atoms with Gasteiger partial charge in [0, 0.05) is 36.6 Å². The Morgan fingerprint density at radius 1 is 1.11 bits per heavy atom. The van der Waals surface area contributed by atoms with Crippen LogP contribution in [0.15, 0.2) is 36.7 Å². The molecule has 1 aliphatic carbocycles. The number of hydrogen-bond acceptors (Lipinski definition) is 5. The first kappa shape index (κ1) is 16.6. The first-order chi connectivity index (χ1) is 13.8. The maximum Gasteiger partial charge on any atom is 0.181 e. The standard InChI is InChI=1S/C21H23ClN6/c22-19-18(16-11-25-17-4-2-1-3-15(16)17)27-20(21-24-5-6-28(19)21)26-14-7-12-9-23-10-13(12)8-14/h1-6,12-14,16,23,25H,7-11H2,(H,26,27). The Labute approximate surface area is 168 Å². The number of anilines is 2. The molecule has 1 aromatic carbocycles. The summed E-state index contributed by atoms with van der Waals surface area (Å²) in [6.07, 6.45) is 6.11. The van der Waals surface area contributed by atoms with Crippen molar-refractivity contribution in [3.8, 4) is 0 Å². The van der Waals surface area contributed by atoms with Crippen LogP contribution in [0, 0.1) is 11.8 Å². The molecule has 28 heavy (non-hydrogen) atoms. The van der Waals surface area contributed by atoms with Crippen LogP contribution in [-0.2, 0) is 0 Å². The van der Waals surface area contributed by atoms with E-state index in [1.807, 2.05) is 10.6 Å². The van der Waals surface area contributed by atoms with Crippen molar-refractivity contribution in [2.24, 2.45) is 11.8 Å². The number of halogens is 1. The van der Waals surface area contributed by atoms with Crippen LogP contribution >= 0.6 is 11.6 Å². The Morgan fingerprint density at radius 3 is 2.79 bits per heavy atom. The van der Waals surface area contributed by atoms with Crippen LogP contribution in [0.5, 0.6) is 0 Å². The lowest BCUT2D eigenvalue weighted by atomic mass is 9.98. The molecule has 3 atom stereocenters. The number of aromatic nitrogens is 3. The third-order valence-corrected chi connectivity index (χ3v) is 7.04. The molecular weight excluding hydrogens is 372 g/mol. The van der Waals surface area contributed by atoms with Crippen molar-refractivity contribution in [2.45, 2.75) is 24.8 Å². The number of rotatable bonds is 3. The molecule has 1 saturated heterocycles. The molecule has 2 aromatic heterocycles. The summed E-state index contributed by atoms with van der Waals surface area (Å²) in [5.41, 5.74) is 4.14. The highest BCUT2D eigenvalue weighted by atomic mass is 35.5. The third kappa shape index (κ3) is 2.51. The van der Waals surface area contributed by atoms with E-state index < -0.39 is 0 Å². The van der Waals surface area contributed by atoms with Gasteiger partial charge in [-0.3, -0.25) is 4.40 Å². The topological polar surface area (TPSA) is 66.3 Å². The second kappa shape index (κ2) is 6.36. The maximum absolute atomic E-state index is 6.79. The van der Waals surface area contributed by atoms with Crippen LogP contribution in [0.3, 0.4) is 0 Å². The van der Waals surface area contributed by atoms with Gasteiger partial charge in [-0.1, -0.05) is 29.8 Å². The predicted molar refractivity (Wildman–Crippen MR) is 111 cm³/mol. The van der Waals surface area contributed by atoms with E-state index in [-0.39, 0.29) is 5.92 Å². The van der Waals surface area contributed by atoms with E-state index in [9.17, 15) is 0 Å². The minimum atomic E-state index is 0.142. The Hall–Kier alpha value is -2.31. The molecule has 2 fully saturated rings. The average Bonchev–Trinajstić information content (AvgIpc) is 3.46. The number of para-hydroxylation sites is 1. The molecule has 144 valence electrons. The number of imidazole rings is 1. The summed E-state index contributed by atoms with van der Waals surface area (Å²) < 4.78 is 1.96. The van der Waals surface area contributed by atoms with Crippen LogP contribution in [0.25, 0.3) is 5.65 Å². The SMILES string of the molecule is Clc1c(C2CNc3ccccc32)nc(NC2CC3CNCC3C2)c2nccn12. The van der Waals surface area contributed by atoms with Gasteiger partial charge in [-0.05, 0) is 49.4 Å².